The molecule has 0 bridgehead atoms. The first-order valence-electron chi connectivity index (χ1n) is 7.05. The number of benzene rings is 1. The molecule has 2 aromatic heterocycles. The molecule has 0 amide bonds. The molecule has 1 aromatic carbocycles. The van der Waals surface area contributed by atoms with Crippen molar-refractivity contribution in [2.75, 3.05) is 0 Å². The summed E-state index contributed by atoms with van der Waals surface area (Å²) in [6.07, 6.45) is 1.91. The fraction of sp³-hybridized carbons (Fsp3) is 0.375. The van der Waals surface area contributed by atoms with E-state index in [0.717, 1.165) is 32.3 Å². The van der Waals surface area contributed by atoms with Gasteiger partial charge in [0.15, 0.2) is 5.82 Å². The molecule has 2 N–H and O–H groups in total. The lowest BCUT2D eigenvalue weighted by atomic mass is 10.1. The minimum absolute atomic E-state index is 0.0494. The molecular formula is C16H20N4S. The summed E-state index contributed by atoms with van der Waals surface area (Å²) < 4.78 is 2.29. The van der Waals surface area contributed by atoms with E-state index < -0.39 is 0 Å². The van der Waals surface area contributed by atoms with Crippen LogP contribution in [0.4, 0.5) is 0 Å². The van der Waals surface area contributed by atoms with Crippen molar-refractivity contribution in [3.63, 3.8) is 0 Å². The van der Waals surface area contributed by atoms with Crippen LogP contribution in [0.2, 0.25) is 0 Å². The topological polar surface area (TPSA) is 56.7 Å². The van der Waals surface area contributed by atoms with Gasteiger partial charge in [0.1, 0.15) is 0 Å². The van der Waals surface area contributed by atoms with Crippen LogP contribution in [0.5, 0.6) is 0 Å². The maximum Gasteiger partial charge on any atom is 0.153 e. The molecule has 3 aromatic rings. The van der Waals surface area contributed by atoms with Crippen molar-refractivity contribution in [3.8, 4) is 10.7 Å². The Morgan fingerprint density at radius 1 is 1.29 bits per heavy atom. The van der Waals surface area contributed by atoms with E-state index in [-0.39, 0.29) is 5.54 Å². The first-order chi connectivity index (χ1) is 9.90. The van der Waals surface area contributed by atoms with Crippen LogP contribution >= 0.6 is 11.3 Å². The minimum Gasteiger partial charge on any atom is -0.326 e. The third kappa shape index (κ3) is 2.47. The van der Waals surface area contributed by atoms with Crippen molar-refractivity contribution >= 4 is 22.4 Å². The zero-order valence-corrected chi connectivity index (χ0v) is 13.7. The molecule has 3 rings (SSSR count). The van der Waals surface area contributed by atoms with Gasteiger partial charge in [0, 0.05) is 18.3 Å². The summed E-state index contributed by atoms with van der Waals surface area (Å²) in [6.45, 7) is 9.14. The number of nitrogens with two attached hydrogens (primary N) is 1. The van der Waals surface area contributed by atoms with Gasteiger partial charge in [0.2, 0.25) is 0 Å². The monoisotopic (exact) mass is 300 g/mol. The van der Waals surface area contributed by atoms with E-state index in [2.05, 4.69) is 48.5 Å². The zero-order chi connectivity index (χ0) is 15.2. The van der Waals surface area contributed by atoms with Gasteiger partial charge in [-0.1, -0.05) is 6.07 Å². The normalized spacial score (nSPS) is 12.2. The van der Waals surface area contributed by atoms with E-state index in [9.17, 15) is 0 Å². The number of thiazole rings is 1. The number of hydrogen-bond acceptors (Lipinski definition) is 4. The number of rotatable bonds is 2. The first-order valence-corrected chi connectivity index (χ1v) is 7.86. The van der Waals surface area contributed by atoms with Crippen molar-refractivity contribution in [1.29, 1.82) is 0 Å². The van der Waals surface area contributed by atoms with E-state index in [4.69, 9.17) is 10.7 Å². The largest absolute Gasteiger partial charge is 0.326 e. The van der Waals surface area contributed by atoms with Gasteiger partial charge >= 0.3 is 0 Å². The zero-order valence-electron chi connectivity index (χ0n) is 12.8. The van der Waals surface area contributed by atoms with Gasteiger partial charge in [0.25, 0.3) is 0 Å². The van der Waals surface area contributed by atoms with Crippen molar-refractivity contribution in [2.45, 2.75) is 39.8 Å². The second-order valence-electron chi connectivity index (χ2n) is 6.21. The molecule has 0 saturated carbocycles. The summed E-state index contributed by atoms with van der Waals surface area (Å²) in [7, 11) is 0. The number of aromatic nitrogens is 3. The molecule has 0 unspecified atom stereocenters. The Bertz CT molecular complexity index is 792. The van der Waals surface area contributed by atoms with Crippen molar-refractivity contribution in [3.05, 3.63) is 35.0 Å². The van der Waals surface area contributed by atoms with E-state index in [0.29, 0.717) is 6.54 Å². The highest BCUT2D eigenvalue weighted by Gasteiger charge is 2.23. The number of nitrogens with zero attached hydrogens (tertiary/aromatic N) is 3. The molecule has 0 aliphatic heterocycles. The summed E-state index contributed by atoms with van der Waals surface area (Å²) in [5.41, 5.74) is 8.93. The number of aryl methyl sites for hydroxylation is 1. The average Bonchev–Trinajstić information content (AvgIpc) is 3.00. The van der Waals surface area contributed by atoms with Crippen LogP contribution < -0.4 is 5.73 Å². The smallest absolute Gasteiger partial charge is 0.153 e. The van der Waals surface area contributed by atoms with Crippen LogP contribution in [-0.2, 0) is 12.1 Å². The highest BCUT2D eigenvalue weighted by atomic mass is 32.1. The Morgan fingerprint density at radius 2 is 2.05 bits per heavy atom. The average molecular weight is 300 g/mol. The molecule has 0 spiro atoms. The number of hydrogen-bond donors (Lipinski definition) is 1. The molecule has 0 aliphatic rings. The van der Waals surface area contributed by atoms with Crippen molar-refractivity contribution < 1.29 is 0 Å². The fourth-order valence-electron chi connectivity index (χ4n) is 2.56. The van der Waals surface area contributed by atoms with Crippen molar-refractivity contribution in [1.82, 2.24) is 14.5 Å². The lowest BCUT2D eigenvalue weighted by molar-refractivity contribution is 0.413. The summed E-state index contributed by atoms with van der Waals surface area (Å²) in [4.78, 5) is 10.3. The van der Waals surface area contributed by atoms with Gasteiger partial charge in [-0.25, -0.2) is 9.97 Å². The van der Waals surface area contributed by atoms with Crippen LogP contribution in [0.25, 0.3) is 21.7 Å². The van der Waals surface area contributed by atoms with Crippen LogP contribution in [-0.4, -0.2) is 14.5 Å². The Morgan fingerprint density at radius 3 is 2.62 bits per heavy atom. The molecule has 0 radical (unpaired) electrons. The predicted molar refractivity (Wildman–Crippen MR) is 88.5 cm³/mol. The minimum atomic E-state index is -0.0494. The molecule has 4 nitrogen and oxygen atoms in total. The van der Waals surface area contributed by atoms with Crippen molar-refractivity contribution in [2.24, 2.45) is 5.73 Å². The predicted octanol–water partition coefficient (Wildman–Crippen LogP) is 3.68. The van der Waals surface area contributed by atoms with Crippen LogP contribution in [0.15, 0.2) is 24.4 Å². The number of fused-ring (bicyclic) bond motifs is 1. The lowest BCUT2D eigenvalue weighted by Gasteiger charge is -2.24. The highest BCUT2D eigenvalue weighted by molar-refractivity contribution is 7.15. The molecule has 5 heteroatoms. The summed E-state index contributed by atoms with van der Waals surface area (Å²) in [5.74, 6) is 0.984. The summed E-state index contributed by atoms with van der Waals surface area (Å²) >= 11 is 1.68. The molecule has 0 aliphatic carbocycles. The molecule has 0 saturated heterocycles. The van der Waals surface area contributed by atoms with E-state index in [1.165, 1.54) is 0 Å². The maximum atomic E-state index is 5.74. The van der Waals surface area contributed by atoms with Gasteiger partial charge in [-0.2, -0.15) is 0 Å². The lowest BCUT2D eigenvalue weighted by Crippen LogP contribution is -2.22. The third-order valence-electron chi connectivity index (χ3n) is 3.47. The molecular weight excluding hydrogens is 280 g/mol. The molecule has 110 valence electrons. The van der Waals surface area contributed by atoms with Gasteiger partial charge < -0.3 is 10.3 Å². The van der Waals surface area contributed by atoms with E-state index in [1.807, 2.05) is 13.1 Å². The summed E-state index contributed by atoms with van der Waals surface area (Å²) in [5, 5.41) is 1.06. The van der Waals surface area contributed by atoms with Crippen LogP contribution in [0.1, 0.15) is 31.3 Å². The summed E-state index contributed by atoms with van der Waals surface area (Å²) in [6, 6.07) is 6.27. The van der Waals surface area contributed by atoms with Gasteiger partial charge in [-0.05, 0) is 45.4 Å². The van der Waals surface area contributed by atoms with E-state index >= 15 is 0 Å². The number of imidazole rings is 1. The SMILES string of the molecule is Cc1ncc(-c2nc3cc(CN)ccc3n2C(C)(C)C)s1. The maximum absolute atomic E-state index is 5.74. The first kappa shape index (κ1) is 14.2. The molecule has 2 heterocycles. The highest BCUT2D eigenvalue weighted by Crippen LogP contribution is 2.33. The van der Waals surface area contributed by atoms with Crippen LogP contribution in [0, 0.1) is 6.92 Å². The van der Waals surface area contributed by atoms with E-state index in [1.54, 1.807) is 11.3 Å². The molecule has 21 heavy (non-hydrogen) atoms. The second kappa shape index (κ2) is 4.93. The van der Waals surface area contributed by atoms with Gasteiger partial charge in [0.05, 0.1) is 20.9 Å². The van der Waals surface area contributed by atoms with Gasteiger partial charge in [-0.3, -0.25) is 0 Å². The third-order valence-corrected chi connectivity index (χ3v) is 4.38. The Kier molecular flexibility index (Phi) is 3.34. The molecule has 0 atom stereocenters. The fourth-order valence-corrected chi connectivity index (χ4v) is 3.32. The van der Waals surface area contributed by atoms with Crippen LogP contribution in [0.3, 0.4) is 0 Å². The second-order valence-corrected chi connectivity index (χ2v) is 7.45. The Labute approximate surface area is 128 Å². The molecule has 0 fully saturated rings. The Hall–Kier alpha value is -1.72. The quantitative estimate of drug-likeness (QED) is 0.785. The van der Waals surface area contributed by atoms with Gasteiger partial charge in [-0.15, -0.1) is 11.3 Å². The standard InChI is InChI=1S/C16H20N4S/c1-10-18-9-14(21-10)15-19-12-7-11(8-17)5-6-13(12)20(15)16(2,3)4/h5-7,9H,8,17H2,1-4H3. The Balaban J connectivity index is 2.32.